The molecule has 6 nitrogen and oxygen atoms in total. The van der Waals surface area contributed by atoms with Crippen LogP contribution in [0.15, 0.2) is 61.2 Å². The number of nitrogens with zero attached hydrogens (tertiary/aromatic N) is 3. The van der Waals surface area contributed by atoms with Crippen LogP contribution in [-0.4, -0.2) is 14.5 Å². The fourth-order valence-electron chi connectivity index (χ4n) is 2.58. The van der Waals surface area contributed by atoms with Crippen molar-refractivity contribution in [2.45, 2.75) is 19.5 Å². The number of aromatic nitrogens is 2. The third-order valence-corrected chi connectivity index (χ3v) is 4.07. The van der Waals surface area contributed by atoms with Crippen LogP contribution in [-0.2, 0) is 6.54 Å². The quantitative estimate of drug-likeness (QED) is 0.540. The zero-order valence-electron chi connectivity index (χ0n) is 13.6. The van der Waals surface area contributed by atoms with Gasteiger partial charge in [-0.15, -0.1) is 0 Å². The Bertz CT molecular complexity index is 863. The van der Waals surface area contributed by atoms with Gasteiger partial charge in [-0.05, 0) is 36.2 Å². The molecular formula is C18H17FN4O2. The van der Waals surface area contributed by atoms with Crippen molar-refractivity contribution in [2.24, 2.45) is 0 Å². The first-order chi connectivity index (χ1) is 12.0. The summed E-state index contributed by atoms with van der Waals surface area (Å²) >= 11 is 0. The van der Waals surface area contributed by atoms with E-state index >= 15 is 0 Å². The van der Waals surface area contributed by atoms with E-state index in [1.54, 1.807) is 36.8 Å². The second kappa shape index (κ2) is 7.12. The molecule has 0 fully saturated rings. The summed E-state index contributed by atoms with van der Waals surface area (Å²) < 4.78 is 14.8. The van der Waals surface area contributed by atoms with Gasteiger partial charge >= 0.3 is 0 Å². The van der Waals surface area contributed by atoms with Gasteiger partial charge in [-0.2, -0.15) is 0 Å². The lowest BCUT2D eigenvalue weighted by Crippen LogP contribution is -2.07. The maximum atomic E-state index is 12.9. The fraction of sp³-hybridized carbons (Fsp3) is 0.167. The highest BCUT2D eigenvalue weighted by molar-refractivity contribution is 5.63. The number of imidazole rings is 1. The standard InChI is InChI=1S/C18H17FN4O2/c1-13(22-9-8-20-12-22)15-4-7-17(18(10-15)23(24)25)21-11-14-2-5-16(19)6-3-14/h2-10,12-13,21H,11H2,1H3. The van der Waals surface area contributed by atoms with Gasteiger partial charge in [0, 0.05) is 25.0 Å². The Labute approximate surface area is 144 Å². The van der Waals surface area contributed by atoms with Crippen molar-refractivity contribution in [3.05, 3.63) is 88.2 Å². The lowest BCUT2D eigenvalue weighted by molar-refractivity contribution is -0.384. The zero-order valence-corrected chi connectivity index (χ0v) is 13.6. The first-order valence-corrected chi connectivity index (χ1v) is 7.78. The van der Waals surface area contributed by atoms with Crippen LogP contribution in [0.1, 0.15) is 24.1 Å². The van der Waals surface area contributed by atoms with Crippen LogP contribution in [0.2, 0.25) is 0 Å². The van der Waals surface area contributed by atoms with Crippen molar-refractivity contribution in [1.82, 2.24) is 9.55 Å². The first-order valence-electron chi connectivity index (χ1n) is 7.78. The molecule has 1 N–H and O–H groups in total. The predicted octanol–water partition coefficient (Wildman–Crippen LogP) is 4.15. The van der Waals surface area contributed by atoms with Crippen molar-refractivity contribution < 1.29 is 9.31 Å². The van der Waals surface area contributed by atoms with Gasteiger partial charge in [0.15, 0.2) is 0 Å². The molecule has 0 spiro atoms. The number of nitro benzene ring substituents is 1. The third kappa shape index (κ3) is 3.82. The van der Waals surface area contributed by atoms with E-state index in [2.05, 4.69) is 10.3 Å². The summed E-state index contributed by atoms with van der Waals surface area (Å²) in [6, 6.07) is 11.1. The number of hydrogen-bond donors (Lipinski definition) is 1. The summed E-state index contributed by atoms with van der Waals surface area (Å²) in [6.07, 6.45) is 5.16. The summed E-state index contributed by atoms with van der Waals surface area (Å²) in [6.45, 7) is 2.32. The van der Waals surface area contributed by atoms with Gasteiger partial charge in [0.25, 0.3) is 5.69 Å². The molecule has 1 aromatic heterocycles. The average Bonchev–Trinajstić information content (AvgIpc) is 3.15. The van der Waals surface area contributed by atoms with E-state index in [9.17, 15) is 14.5 Å². The van der Waals surface area contributed by atoms with E-state index in [0.29, 0.717) is 12.2 Å². The van der Waals surface area contributed by atoms with Crippen molar-refractivity contribution in [3.63, 3.8) is 0 Å². The second-order valence-corrected chi connectivity index (χ2v) is 5.70. The van der Waals surface area contributed by atoms with E-state index in [1.807, 2.05) is 23.8 Å². The van der Waals surface area contributed by atoms with Gasteiger partial charge in [-0.3, -0.25) is 10.1 Å². The Kier molecular flexibility index (Phi) is 4.74. The van der Waals surface area contributed by atoms with E-state index in [4.69, 9.17) is 0 Å². The number of nitrogens with one attached hydrogen (secondary N) is 1. The third-order valence-electron chi connectivity index (χ3n) is 4.07. The Balaban J connectivity index is 1.82. The van der Waals surface area contributed by atoms with Crippen molar-refractivity contribution in [1.29, 1.82) is 0 Å². The Morgan fingerprint density at radius 2 is 2.04 bits per heavy atom. The minimum atomic E-state index is -0.406. The van der Waals surface area contributed by atoms with Gasteiger partial charge in [0.2, 0.25) is 0 Å². The van der Waals surface area contributed by atoms with E-state index in [-0.39, 0.29) is 17.5 Å². The number of hydrogen-bond acceptors (Lipinski definition) is 4. The van der Waals surface area contributed by atoms with Gasteiger partial charge in [-0.25, -0.2) is 9.37 Å². The zero-order chi connectivity index (χ0) is 17.8. The normalized spacial score (nSPS) is 11.9. The molecule has 0 aliphatic heterocycles. The van der Waals surface area contributed by atoms with Gasteiger partial charge in [0.05, 0.1) is 17.3 Å². The van der Waals surface area contributed by atoms with Crippen LogP contribution in [0.4, 0.5) is 15.8 Å². The Hall–Kier alpha value is -3.22. The average molecular weight is 340 g/mol. The number of rotatable bonds is 6. The SMILES string of the molecule is CC(c1ccc(NCc2ccc(F)cc2)c([N+](=O)[O-])c1)n1ccnc1. The molecule has 0 saturated heterocycles. The van der Waals surface area contributed by atoms with Crippen LogP contribution in [0, 0.1) is 15.9 Å². The monoisotopic (exact) mass is 340 g/mol. The minimum Gasteiger partial charge on any atom is -0.375 e. The molecule has 3 aromatic rings. The summed E-state index contributed by atoms with van der Waals surface area (Å²) in [5.74, 6) is -0.312. The lowest BCUT2D eigenvalue weighted by Gasteiger charge is -2.15. The highest BCUT2D eigenvalue weighted by atomic mass is 19.1. The topological polar surface area (TPSA) is 73.0 Å². The molecule has 1 atom stereocenters. The number of anilines is 1. The van der Waals surface area contributed by atoms with Gasteiger partial charge < -0.3 is 9.88 Å². The van der Waals surface area contributed by atoms with Gasteiger partial charge in [0.1, 0.15) is 11.5 Å². The van der Waals surface area contributed by atoms with Crippen molar-refractivity contribution in [2.75, 3.05) is 5.32 Å². The van der Waals surface area contributed by atoms with Crippen LogP contribution in [0.3, 0.4) is 0 Å². The van der Waals surface area contributed by atoms with Crippen molar-refractivity contribution >= 4 is 11.4 Å². The number of halogens is 1. The maximum absolute atomic E-state index is 12.9. The second-order valence-electron chi connectivity index (χ2n) is 5.70. The first kappa shape index (κ1) is 16.6. The molecule has 0 radical (unpaired) electrons. The molecule has 25 heavy (non-hydrogen) atoms. The molecule has 3 rings (SSSR count). The van der Waals surface area contributed by atoms with Crippen molar-refractivity contribution in [3.8, 4) is 0 Å². The van der Waals surface area contributed by atoms with E-state index < -0.39 is 4.92 Å². The van der Waals surface area contributed by atoms with E-state index in [0.717, 1.165) is 11.1 Å². The smallest absolute Gasteiger partial charge is 0.292 e. The molecule has 128 valence electrons. The lowest BCUT2D eigenvalue weighted by atomic mass is 10.1. The largest absolute Gasteiger partial charge is 0.375 e. The van der Waals surface area contributed by atoms with E-state index in [1.165, 1.54) is 12.1 Å². The highest BCUT2D eigenvalue weighted by Gasteiger charge is 2.17. The molecule has 0 amide bonds. The summed E-state index contributed by atoms with van der Waals surface area (Å²) in [7, 11) is 0. The van der Waals surface area contributed by atoms with Crippen LogP contribution < -0.4 is 5.32 Å². The Morgan fingerprint density at radius 1 is 1.28 bits per heavy atom. The van der Waals surface area contributed by atoms with Crippen LogP contribution >= 0.6 is 0 Å². The maximum Gasteiger partial charge on any atom is 0.292 e. The minimum absolute atomic E-state index is 0.00609. The van der Waals surface area contributed by atoms with Crippen LogP contribution in [0.5, 0.6) is 0 Å². The molecule has 0 saturated carbocycles. The summed E-state index contributed by atoms with van der Waals surface area (Å²) in [5.41, 5.74) is 2.09. The number of nitro groups is 1. The highest BCUT2D eigenvalue weighted by Crippen LogP contribution is 2.29. The fourth-order valence-corrected chi connectivity index (χ4v) is 2.58. The predicted molar refractivity (Wildman–Crippen MR) is 92.9 cm³/mol. The number of benzene rings is 2. The molecule has 7 heteroatoms. The Morgan fingerprint density at radius 3 is 2.68 bits per heavy atom. The summed E-state index contributed by atoms with van der Waals surface area (Å²) in [4.78, 5) is 15.0. The molecular weight excluding hydrogens is 323 g/mol. The molecule has 0 aliphatic carbocycles. The molecule has 1 unspecified atom stereocenters. The molecule has 2 aromatic carbocycles. The molecule has 0 aliphatic rings. The summed E-state index contributed by atoms with van der Waals surface area (Å²) in [5, 5.41) is 14.5. The van der Waals surface area contributed by atoms with Crippen LogP contribution in [0.25, 0.3) is 0 Å². The molecule has 1 heterocycles. The van der Waals surface area contributed by atoms with Gasteiger partial charge in [-0.1, -0.05) is 18.2 Å². The molecule has 0 bridgehead atoms.